The van der Waals surface area contributed by atoms with E-state index >= 15 is 0 Å². The van der Waals surface area contributed by atoms with E-state index in [1.807, 2.05) is 0 Å². The molecule has 7 heteroatoms. The van der Waals surface area contributed by atoms with Gasteiger partial charge in [0.1, 0.15) is 0 Å². The van der Waals surface area contributed by atoms with E-state index in [1.54, 1.807) is 29.1 Å². The zero-order valence-electron chi connectivity index (χ0n) is 13.6. The molecular weight excluding hydrogens is 322 g/mol. The summed E-state index contributed by atoms with van der Waals surface area (Å²) < 4.78 is 1.78. The van der Waals surface area contributed by atoms with E-state index in [0.717, 1.165) is 25.7 Å². The van der Waals surface area contributed by atoms with Gasteiger partial charge < -0.3 is 4.84 Å². The first kappa shape index (κ1) is 15.6. The first-order valence-electron chi connectivity index (χ1n) is 8.40. The van der Waals surface area contributed by atoms with Crippen molar-refractivity contribution in [3.63, 3.8) is 0 Å². The van der Waals surface area contributed by atoms with Gasteiger partial charge in [-0.25, -0.2) is 4.79 Å². The van der Waals surface area contributed by atoms with Gasteiger partial charge in [-0.05, 0) is 31.0 Å². The fourth-order valence-corrected chi connectivity index (χ4v) is 3.38. The molecule has 1 aromatic heterocycles. The van der Waals surface area contributed by atoms with Crippen LogP contribution in [0.1, 0.15) is 69.4 Å². The molecule has 1 aliphatic heterocycles. The van der Waals surface area contributed by atoms with Crippen LogP contribution in [0.3, 0.4) is 0 Å². The molecule has 0 spiro atoms. The molecule has 1 aliphatic carbocycles. The van der Waals surface area contributed by atoms with Crippen LogP contribution in [0.25, 0.3) is 0 Å². The molecule has 1 aromatic carbocycles. The van der Waals surface area contributed by atoms with Gasteiger partial charge >= 0.3 is 5.97 Å². The zero-order valence-corrected chi connectivity index (χ0v) is 13.6. The van der Waals surface area contributed by atoms with Crippen molar-refractivity contribution in [3.8, 4) is 0 Å². The molecule has 2 heterocycles. The molecule has 0 bridgehead atoms. The van der Waals surface area contributed by atoms with Crippen molar-refractivity contribution in [1.29, 1.82) is 0 Å². The molecule has 0 unspecified atom stereocenters. The van der Waals surface area contributed by atoms with Gasteiger partial charge in [-0.2, -0.15) is 5.10 Å². The maximum atomic E-state index is 12.3. The second kappa shape index (κ2) is 6.16. The summed E-state index contributed by atoms with van der Waals surface area (Å²) >= 11 is 0. The molecule has 7 nitrogen and oxygen atoms in total. The summed E-state index contributed by atoms with van der Waals surface area (Å²) in [5, 5.41) is 4.77. The lowest BCUT2D eigenvalue weighted by molar-refractivity contribution is -0.0589. The topological polar surface area (TPSA) is 81.5 Å². The Morgan fingerprint density at radius 2 is 1.64 bits per heavy atom. The van der Waals surface area contributed by atoms with Crippen molar-refractivity contribution in [2.24, 2.45) is 0 Å². The monoisotopic (exact) mass is 339 g/mol. The number of hydrogen-bond donors (Lipinski definition) is 0. The molecule has 128 valence electrons. The average molecular weight is 339 g/mol. The number of fused-ring (bicyclic) bond motifs is 1. The molecule has 25 heavy (non-hydrogen) atoms. The fraction of sp³-hybridized carbons (Fsp3) is 0.333. The minimum Gasteiger partial charge on any atom is -0.322 e. The Morgan fingerprint density at radius 1 is 1.00 bits per heavy atom. The lowest BCUT2D eigenvalue weighted by Gasteiger charge is -2.21. The number of nitrogens with zero attached hydrogens (tertiary/aromatic N) is 3. The summed E-state index contributed by atoms with van der Waals surface area (Å²) in [6.07, 6.45) is 7.35. The highest BCUT2D eigenvalue weighted by atomic mass is 16.7. The van der Waals surface area contributed by atoms with Crippen LogP contribution >= 0.6 is 0 Å². The Labute approximate surface area is 144 Å². The molecule has 4 rings (SSSR count). The van der Waals surface area contributed by atoms with Crippen molar-refractivity contribution in [1.82, 2.24) is 14.8 Å². The van der Waals surface area contributed by atoms with Crippen molar-refractivity contribution in [3.05, 3.63) is 53.3 Å². The van der Waals surface area contributed by atoms with E-state index in [0.29, 0.717) is 5.06 Å². The van der Waals surface area contributed by atoms with Crippen LogP contribution in [-0.2, 0) is 4.84 Å². The average Bonchev–Trinajstić information content (AvgIpc) is 3.23. The van der Waals surface area contributed by atoms with Gasteiger partial charge in [0.2, 0.25) is 0 Å². The normalized spacial score (nSPS) is 17.7. The number of aromatic nitrogens is 2. The largest absolute Gasteiger partial charge is 0.384 e. The van der Waals surface area contributed by atoms with Crippen molar-refractivity contribution >= 4 is 17.8 Å². The SMILES string of the molecule is O=C(ON1C(=O)c2ccccc2C1=O)c1ccn(C2CCCCC2)n1. The Bertz CT molecular complexity index is 817. The molecule has 1 fully saturated rings. The van der Waals surface area contributed by atoms with E-state index in [4.69, 9.17) is 4.84 Å². The Hall–Kier alpha value is -2.96. The highest BCUT2D eigenvalue weighted by molar-refractivity contribution is 6.21. The molecule has 2 aromatic rings. The van der Waals surface area contributed by atoms with Gasteiger partial charge in [-0.3, -0.25) is 14.3 Å². The Morgan fingerprint density at radius 3 is 2.28 bits per heavy atom. The van der Waals surface area contributed by atoms with Crippen molar-refractivity contribution in [2.45, 2.75) is 38.1 Å². The van der Waals surface area contributed by atoms with Crippen LogP contribution in [0.15, 0.2) is 36.5 Å². The zero-order chi connectivity index (χ0) is 17.4. The predicted octanol–water partition coefficient (Wildman–Crippen LogP) is 2.76. The number of hydrogen-bond acceptors (Lipinski definition) is 5. The van der Waals surface area contributed by atoms with Crippen molar-refractivity contribution in [2.75, 3.05) is 0 Å². The summed E-state index contributed by atoms with van der Waals surface area (Å²) in [5.41, 5.74) is 0.545. The number of carbonyl (C=O) groups is 3. The molecule has 0 atom stereocenters. The number of hydroxylamine groups is 2. The molecular formula is C18H17N3O4. The molecule has 0 N–H and O–H groups in total. The van der Waals surface area contributed by atoms with Gasteiger partial charge in [-0.1, -0.05) is 36.5 Å². The summed E-state index contributed by atoms with van der Waals surface area (Å²) in [7, 11) is 0. The third-order valence-corrected chi connectivity index (χ3v) is 4.70. The minimum atomic E-state index is -0.816. The maximum absolute atomic E-state index is 12.3. The second-order valence-corrected chi connectivity index (χ2v) is 6.30. The van der Waals surface area contributed by atoms with E-state index < -0.39 is 17.8 Å². The highest BCUT2D eigenvalue weighted by Crippen LogP contribution is 2.28. The Balaban J connectivity index is 1.49. The first-order chi connectivity index (χ1) is 12.1. The van der Waals surface area contributed by atoms with Gasteiger partial charge in [0.15, 0.2) is 5.69 Å². The number of carbonyl (C=O) groups excluding carboxylic acids is 3. The lowest BCUT2D eigenvalue weighted by Crippen LogP contribution is -2.32. The Kier molecular flexibility index (Phi) is 3.83. The standard InChI is InChI=1S/C18H17N3O4/c22-16-13-8-4-5-9-14(13)17(23)21(16)25-18(24)15-10-11-20(19-15)12-6-2-1-3-7-12/h4-5,8-12H,1-3,6-7H2. The number of rotatable bonds is 3. The third kappa shape index (κ3) is 2.71. The smallest absolute Gasteiger partial charge is 0.322 e. The third-order valence-electron chi connectivity index (χ3n) is 4.70. The molecule has 2 aliphatic rings. The highest BCUT2D eigenvalue weighted by Gasteiger charge is 2.39. The quantitative estimate of drug-likeness (QED) is 0.803. The van der Waals surface area contributed by atoms with Crippen LogP contribution in [-0.4, -0.2) is 32.6 Å². The first-order valence-corrected chi connectivity index (χ1v) is 8.40. The van der Waals surface area contributed by atoms with E-state index in [-0.39, 0.29) is 22.9 Å². The minimum absolute atomic E-state index is 0.0853. The number of benzene rings is 1. The van der Waals surface area contributed by atoms with E-state index in [9.17, 15) is 14.4 Å². The van der Waals surface area contributed by atoms with Crippen LogP contribution in [0, 0.1) is 0 Å². The van der Waals surface area contributed by atoms with Crippen molar-refractivity contribution < 1.29 is 19.2 Å². The molecule has 2 amide bonds. The van der Waals surface area contributed by atoms with E-state index in [2.05, 4.69) is 5.10 Å². The maximum Gasteiger partial charge on any atom is 0.384 e. The summed E-state index contributed by atoms with van der Waals surface area (Å²) in [6.45, 7) is 0. The fourth-order valence-electron chi connectivity index (χ4n) is 3.38. The van der Waals surface area contributed by atoms with Crippen LogP contribution in [0.2, 0.25) is 0 Å². The number of imide groups is 1. The van der Waals surface area contributed by atoms with Gasteiger partial charge in [0.25, 0.3) is 11.8 Å². The molecule has 1 saturated carbocycles. The summed E-state index contributed by atoms with van der Waals surface area (Å²) in [6, 6.07) is 8.20. The molecule has 0 saturated heterocycles. The van der Waals surface area contributed by atoms with Crippen LogP contribution in [0.5, 0.6) is 0 Å². The van der Waals surface area contributed by atoms with Gasteiger partial charge in [-0.15, -0.1) is 0 Å². The lowest BCUT2D eigenvalue weighted by atomic mass is 9.96. The van der Waals surface area contributed by atoms with Gasteiger partial charge in [0, 0.05) is 6.20 Å². The van der Waals surface area contributed by atoms with Gasteiger partial charge in [0.05, 0.1) is 17.2 Å². The predicted molar refractivity (Wildman–Crippen MR) is 86.7 cm³/mol. The summed E-state index contributed by atoms with van der Waals surface area (Å²) in [4.78, 5) is 41.8. The number of amides is 2. The van der Waals surface area contributed by atoms with E-state index in [1.165, 1.54) is 18.6 Å². The summed E-state index contributed by atoms with van der Waals surface area (Å²) in [5.74, 6) is -2.09. The second-order valence-electron chi connectivity index (χ2n) is 6.30. The molecule has 0 radical (unpaired) electrons. The van der Waals surface area contributed by atoms with Crippen LogP contribution < -0.4 is 0 Å². The van der Waals surface area contributed by atoms with Crippen LogP contribution in [0.4, 0.5) is 0 Å².